The fourth-order valence-corrected chi connectivity index (χ4v) is 4.18. The summed E-state index contributed by atoms with van der Waals surface area (Å²) in [6.07, 6.45) is 7.74. The van der Waals surface area contributed by atoms with Gasteiger partial charge in [0.2, 0.25) is 0 Å². The lowest BCUT2D eigenvalue weighted by molar-refractivity contribution is 0.0697. The number of halogens is 1. The summed E-state index contributed by atoms with van der Waals surface area (Å²) in [5, 5.41) is 0.702. The lowest BCUT2D eigenvalue weighted by Gasteiger charge is -2.30. The second kappa shape index (κ2) is 8.16. The Kier molecular flexibility index (Phi) is 5.20. The van der Waals surface area contributed by atoms with E-state index in [2.05, 4.69) is 16.9 Å². The maximum absolute atomic E-state index is 12.8. The molecular formula is C25H23ClN4O. The summed E-state index contributed by atoms with van der Waals surface area (Å²) in [7, 11) is 0. The number of likely N-dealkylation sites (tertiary alicyclic amines) is 1. The van der Waals surface area contributed by atoms with Gasteiger partial charge in [0.25, 0.3) is 5.91 Å². The van der Waals surface area contributed by atoms with Gasteiger partial charge in [-0.2, -0.15) is 0 Å². The van der Waals surface area contributed by atoms with E-state index >= 15 is 0 Å². The van der Waals surface area contributed by atoms with Gasteiger partial charge in [-0.15, -0.1) is 0 Å². The molecule has 0 N–H and O–H groups in total. The molecule has 1 amide bonds. The van der Waals surface area contributed by atoms with Crippen LogP contribution in [0, 0.1) is 5.92 Å². The van der Waals surface area contributed by atoms with E-state index in [9.17, 15) is 4.79 Å². The maximum atomic E-state index is 12.8. The first-order valence-corrected chi connectivity index (χ1v) is 10.9. The van der Waals surface area contributed by atoms with Crippen molar-refractivity contribution < 1.29 is 4.79 Å². The average Bonchev–Trinajstić information content (AvgIpc) is 3.23. The Morgan fingerprint density at radius 3 is 2.32 bits per heavy atom. The van der Waals surface area contributed by atoms with Crippen molar-refractivity contribution in [3.8, 4) is 22.5 Å². The normalized spacial score (nSPS) is 14.8. The van der Waals surface area contributed by atoms with Gasteiger partial charge in [-0.25, -0.2) is 4.98 Å². The third-order valence-corrected chi connectivity index (χ3v) is 6.29. The minimum Gasteiger partial charge on any atom is -0.339 e. The molecule has 0 aliphatic carbocycles. The number of nitrogens with zero attached hydrogens (tertiary/aromatic N) is 4. The Morgan fingerprint density at radius 2 is 1.61 bits per heavy atom. The van der Waals surface area contributed by atoms with E-state index in [1.807, 2.05) is 70.2 Å². The van der Waals surface area contributed by atoms with Crippen LogP contribution in [0.1, 0.15) is 30.1 Å². The molecule has 31 heavy (non-hydrogen) atoms. The minimum absolute atomic E-state index is 0.112. The van der Waals surface area contributed by atoms with Gasteiger partial charge >= 0.3 is 0 Å². The molecule has 0 bridgehead atoms. The molecule has 0 atom stereocenters. The highest BCUT2D eigenvalue weighted by Gasteiger charge is 2.21. The number of hydrogen-bond donors (Lipinski definition) is 0. The third kappa shape index (κ3) is 3.93. The van der Waals surface area contributed by atoms with Crippen LogP contribution in [-0.2, 0) is 0 Å². The highest BCUT2D eigenvalue weighted by Crippen LogP contribution is 2.25. The summed E-state index contributed by atoms with van der Waals surface area (Å²) in [6.45, 7) is 3.93. The molecule has 1 saturated heterocycles. The highest BCUT2D eigenvalue weighted by molar-refractivity contribution is 6.30. The number of imidazole rings is 1. The quantitative estimate of drug-likeness (QED) is 0.425. The molecule has 0 radical (unpaired) electrons. The number of aromatic nitrogens is 3. The van der Waals surface area contributed by atoms with Crippen molar-refractivity contribution in [1.29, 1.82) is 0 Å². The monoisotopic (exact) mass is 430 g/mol. The number of hydrogen-bond acceptors (Lipinski definition) is 3. The molecule has 156 valence electrons. The molecule has 1 aliphatic rings. The van der Waals surface area contributed by atoms with E-state index in [1.54, 1.807) is 6.20 Å². The first kappa shape index (κ1) is 19.8. The summed E-state index contributed by atoms with van der Waals surface area (Å²) in [5.41, 5.74) is 5.30. The topological polar surface area (TPSA) is 50.5 Å². The van der Waals surface area contributed by atoms with Gasteiger partial charge in [-0.05, 0) is 43.0 Å². The summed E-state index contributed by atoms with van der Waals surface area (Å²) < 4.78 is 2.03. The molecule has 5 nitrogen and oxygen atoms in total. The number of fused-ring (bicyclic) bond motifs is 1. The van der Waals surface area contributed by atoms with Crippen LogP contribution >= 0.6 is 11.6 Å². The van der Waals surface area contributed by atoms with Crippen molar-refractivity contribution in [2.24, 2.45) is 5.92 Å². The molecule has 3 heterocycles. The molecule has 2 aromatic carbocycles. The van der Waals surface area contributed by atoms with E-state index in [0.29, 0.717) is 10.9 Å². The van der Waals surface area contributed by atoms with Crippen LogP contribution in [0.3, 0.4) is 0 Å². The molecule has 1 fully saturated rings. The van der Waals surface area contributed by atoms with Gasteiger partial charge in [0.1, 0.15) is 0 Å². The average molecular weight is 431 g/mol. The standard InChI is InChI=1S/C25H23ClN4O/c1-17-10-12-29(13-11-17)25(31)20-4-2-18(3-5-20)22-16-30-23(14-28-24(30)15-27-22)19-6-8-21(26)9-7-19/h2-9,14-17H,10-13H2,1H3. The van der Waals surface area contributed by atoms with Crippen LogP contribution in [0.25, 0.3) is 28.2 Å². The summed E-state index contributed by atoms with van der Waals surface area (Å²) in [5.74, 6) is 0.815. The van der Waals surface area contributed by atoms with Gasteiger partial charge in [-0.1, -0.05) is 42.8 Å². The second-order valence-corrected chi connectivity index (χ2v) is 8.64. The van der Waals surface area contributed by atoms with Crippen molar-refractivity contribution in [3.63, 3.8) is 0 Å². The van der Waals surface area contributed by atoms with Crippen LogP contribution < -0.4 is 0 Å². The van der Waals surface area contributed by atoms with Crippen LogP contribution in [0.15, 0.2) is 67.1 Å². The van der Waals surface area contributed by atoms with E-state index in [0.717, 1.165) is 59.7 Å². The van der Waals surface area contributed by atoms with Gasteiger partial charge in [0, 0.05) is 41.0 Å². The number of rotatable bonds is 3. The summed E-state index contributed by atoms with van der Waals surface area (Å²) >= 11 is 6.03. The molecule has 2 aromatic heterocycles. The number of benzene rings is 2. The van der Waals surface area contributed by atoms with Gasteiger partial charge in [0.05, 0.1) is 23.8 Å². The predicted octanol–water partition coefficient (Wildman–Crippen LogP) is 5.59. The van der Waals surface area contributed by atoms with Crippen molar-refractivity contribution in [2.45, 2.75) is 19.8 Å². The van der Waals surface area contributed by atoms with E-state index in [4.69, 9.17) is 11.6 Å². The van der Waals surface area contributed by atoms with Gasteiger partial charge in [-0.3, -0.25) is 14.2 Å². The first-order valence-electron chi connectivity index (χ1n) is 10.6. The Morgan fingerprint density at radius 1 is 0.935 bits per heavy atom. The predicted molar refractivity (Wildman–Crippen MR) is 123 cm³/mol. The second-order valence-electron chi connectivity index (χ2n) is 8.20. The molecule has 0 spiro atoms. The Hall–Kier alpha value is -3.18. The fourth-order valence-electron chi connectivity index (χ4n) is 4.05. The largest absolute Gasteiger partial charge is 0.339 e. The number of carbonyl (C=O) groups is 1. The molecular weight excluding hydrogens is 408 g/mol. The summed E-state index contributed by atoms with van der Waals surface area (Å²) in [4.78, 5) is 23.8. The van der Waals surface area contributed by atoms with Crippen molar-refractivity contribution >= 4 is 23.2 Å². The van der Waals surface area contributed by atoms with Gasteiger partial charge < -0.3 is 4.90 Å². The van der Waals surface area contributed by atoms with Crippen molar-refractivity contribution in [2.75, 3.05) is 13.1 Å². The molecule has 0 saturated carbocycles. The molecule has 0 unspecified atom stereocenters. The van der Waals surface area contributed by atoms with Crippen molar-refractivity contribution in [1.82, 2.24) is 19.3 Å². The van der Waals surface area contributed by atoms with Crippen LogP contribution in [0.4, 0.5) is 0 Å². The zero-order chi connectivity index (χ0) is 21.4. The number of piperidine rings is 1. The number of amides is 1. The zero-order valence-corrected chi connectivity index (χ0v) is 18.1. The summed E-state index contributed by atoms with van der Waals surface area (Å²) in [6, 6.07) is 15.4. The van der Waals surface area contributed by atoms with E-state index < -0.39 is 0 Å². The molecule has 5 rings (SSSR count). The zero-order valence-electron chi connectivity index (χ0n) is 17.3. The molecule has 4 aromatic rings. The van der Waals surface area contributed by atoms with E-state index in [1.165, 1.54) is 0 Å². The van der Waals surface area contributed by atoms with Crippen LogP contribution in [0.2, 0.25) is 5.02 Å². The Labute approximate surface area is 186 Å². The number of carbonyl (C=O) groups excluding carboxylic acids is 1. The lowest BCUT2D eigenvalue weighted by atomic mass is 9.98. The van der Waals surface area contributed by atoms with E-state index in [-0.39, 0.29) is 5.91 Å². The first-order chi connectivity index (χ1) is 15.1. The van der Waals surface area contributed by atoms with Crippen LogP contribution in [-0.4, -0.2) is 38.3 Å². The van der Waals surface area contributed by atoms with Gasteiger partial charge in [0.15, 0.2) is 5.65 Å². The maximum Gasteiger partial charge on any atom is 0.253 e. The third-order valence-electron chi connectivity index (χ3n) is 6.03. The SMILES string of the molecule is CC1CCN(C(=O)c2ccc(-c3cn4c(-c5ccc(Cl)cc5)cnc4cn3)cc2)CC1. The molecule has 6 heteroatoms. The fraction of sp³-hybridized carbons (Fsp3) is 0.240. The lowest BCUT2D eigenvalue weighted by Crippen LogP contribution is -2.37. The minimum atomic E-state index is 0.112. The smallest absolute Gasteiger partial charge is 0.253 e. The van der Waals surface area contributed by atoms with Crippen LogP contribution in [0.5, 0.6) is 0 Å². The highest BCUT2D eigenvalue weighted by atomic mass is 35.5. The molecule has 1 aliphatic heterocycles. The Bertz CT molecular complexity index is 1220. The Balaban J connectivity index is 1.42. The van der Waals surface area contributed by atoms with Crippen molar-refractivity contribution in [3.05, 3.63) is 77.7 Å².